The molecule has 0 rings (SSSR count). The zero-order chi connectivity index (χ0) is 7.70. The molecule has 0 bridgehead atoms. The van der Waals surface area contributed by atoms with Crippen LogP contribution in [0.3, 0.4) is 0 Å². The molecule has 2 heteroatoms. The van der Waals surface area contributed by atoms with Crippen molar-refractivity contribution in [1.29, 1.82) is 10.5 Å². The Bertz CT molecular complexity index is 166. The molecule has 9 heavy (non-hydrogen) atoms. The van der Waals surface area contributed by atoms with Crippen LogP contribution >= 0.6 is 0 Å². The number of hydrogen-bond acceptors (Lipinski definition) is 2. The first kappa shape index (κ1) is 10.4. The van der Waals surface area contributed by atoms with E-state index in [0.717, 1.165) is 0 Å². The van der Waals surface area contributed by atoms with E-state index in [0.29, 0.717) is 5.57 Å². The summed E-state index contributed by atoms with van der Waals surface area (Å²) < 4.78 is 0. The standard InChI is InChI=1S/C4H5N.C3H3N/c1-4(2)3-5;1-2-3-4/h1H2,2H3;2H,1H2. The molecule has 0 aliphatic heterocycles. The average Bonchev–Trinajstić information content (AvgIpc) is 1.89. The Balaban J connectivity index is 0. The molecule has 0 N–H and O–H groups in total. The Labute approximate surface area is 55.3 Å². The molecular formula is C7H8N2. The molecule has 0 fully saturated rings. The molecule has 0 spiro atoms. The monoisotopic (exact) mass is 120 g/mol. The van der Waals surface area contributed by atoms with Crippen molar-refractivity contribution in [2.45, 2.75) is 6.92 Å². The van der Waals surface area contributed by atoms with E-state index in [9.17, 15) is 0 Å². The van der Waals surface area contributed by atoms with E-state index < -0.39 is 0 Å². The molecule has 0 atom stereocenters. The largest absolute Gasteiger partial charge is 0.193 e. The highest BCUT2D eigenvalue weighted by atomic mass is 14.2. The predicted octanol–water partition coefficient (Wildman–Crippen LogP) is 1.78. The van der Waals surface area contributed by atoms with E-state index in [-0.39, 0.29) is 0 Å². The minimum Gasteiger partial charge on any atom is -0.193 e. The van der Waals surface area contributed by atoms with E-state index in [1.54, 1.807) is 13.0 Å². The lowest BCUT2D eigenvalue weighted by molar-refractivity contribution is 1.46. The summed E-state index contributed by atoms with van der Waals surface area (Å²) in [5.41, 5.74) is 0.560. The second-order valence-electron chi connectivity index (χ2n) is 1.23. The number of rotatable bonds is 0. The van der Waals surface area contributed by atoms with Gasteiger partial charge in [-0.05, 0) is 6.92 Å². The van der Waals surface area contributed by atoms with Crippen LogP contribution in [0, 0.1) is 22.7 Å². The molecule has 0 aromatic heterocycles. The lowest BCUT2D eigenvalue weighted by atomic mass is 10.4. The van der Waals surface area contributed by atoms with Crippen LogP contribution in [0.2, 0.25) is 0 Å². The maximum Gasteiger partial charge on any atom is 0.0937 e. The molecule has 0 aromatic rings. The summed E-state index contributed by atoms with van der Waals surface area (Å²) in [4.78, 5) is 0. The van der Waals surface area contributed by atoms with Crippen molar-refractivity contribution in [3.8, 4) is 12.1 Å². The van der Waals surface area contributed by atoms with Gasteiger partial charge in [-0.15, -0.1) is 0 Å². The molecule has 0 unspecified atom stereocenters. The summed E-state index contributed by atoms with van der Waals surface area (Å²) in [6, 6.07) is 3.53. The molecule has 0 radical (unpaired) electrons. The van der Waals surface area contributed by atoms with Crippen molar-refractivity contribution in [3.05, 3.63) is 24.8 Å². The summed E-state index contributed by atoms with van der Waals surface area (Å²) >= 11 is 0. The quantitative estimate of drug-likeness (QED) is 0.457. The van der Waals surface area contributed by atoms with Gasteiger partial charge in [0.25, 0.3) is 0 Å². The Morgan fingerprint density at radius 2 is 1.78 bits per heavy atom. The Hall–Kier alpha value is -1.54. The zero-order valence-corrected chi connectivity index (χ0v) is 5.39. The molecule has 0 aliphatic rings. The lowest BCUT2D eigenvalue weighted by Crippen LogP contribution is -1.51. The highest BCUT2D eigenvalue weighted by molar-refractivity contribution is 5.11. The van der Waals surface area contributed by atoms with Gasteiger partial charge in [-0.3, -0.25) is 0 Å². The normalized spacial score (nSPS) is 4.78. The van der Waals surface area contributed by atoms with Gasteiger partial charge in [-0.2, -0.15) is 10.5 Å². The second-order valence-corrected chi connectivity index (χ2v) is 1.23. The fourth-order valence-corrected chi connectivity index (χ4v) is 0. The van der Waals surface area contributed by atoms with Crippen molar-refractivity contribution in [1.82, 2.24) is 0 Å². The Kier molecular flexibility index (Phi) is 11.2. The first-order valence-electron chi connectivity index (χ1n) is 2.25. The molecule has 0 amide bonds. The van der Waals surface area contributed by atoms with E-state index in [2.05, 4.69) is 13.2 Å². The fourth-order valence-electron chi connectivity index (χ4n) is 0. The van der Waals surface area contributed by atoms with Gasteiger partial charge in [0, 0.05) is 11.6 Å². The topological polar surface area (TPSA) is 47.6 Å². The Morgan fingerprint density at radius 1 is 1.56 bits per heavy atom. The minimum atomic E-state index is 0.560. The molecule has 0 saturated carbocycles. The SMILES string of the molecule is C=C(C)C#N.C=CC#N. The van der Waals surface area contributed by atoms with E-state index in [4.69, 9.17) is 10.5 Å². The van der Waals surface area contributed by atoms with Gasteiger partial charge in [0.05, 0.1) is 12.1 Å². The number of nitrogens with zero attached hydrogens (tertiary/aromatic N) is 2. The first-order chi connectivity index (χ1) is 4.18. The maximum atomic E-state index is 7.79. The molecule has 0 heterocycles. The van der Waals surface area contributed by atoms with Crippen LogP contribution < -0.4 is 0 Å². The summed E-state index contributed by atoms with van der Waals surface area (Å²) in [6.45, 7) is 8.10. The summed E-state index contributed by atoms with van der Waals surface area (Å²) in [5, 5.41) is 15.3. The van der Waals surface area contributed by atoms with Gasteiger partial charge in [0.2, 0.25) is 0 Å². The lowest BCUT2D eigenvalue weighted by Gasteiger charge is -1.61. The van der Waals surface area contributed by atoms with Gasteiger partial charge in [0.15, 0.2) is 0 Å². The van der Waals surface area contributed by atoms with Crippen molar-refractivity contribution in [2.24, 2.45) is 0 Å². The van der Waals surface area contributed by atoms with Crippen molar-refractivity contribution >= 4 is 0 Å². The molecule has 0 aliphatic carbocycles. The fraction of sp³-hybridized carbons (Fsp3) is 0.143. The summed E-state index contributed by atoms with van der Waals surface area (Å²) in [6.07, 6.45) is 1.18. The van der Waals surface area contributed by atoms with Gasteiger partial charge in [0.1, 0.15) is 0 Å². The third kappa shape index (κ3) is 60.3. The maximum absolute atomic E-state index is 7.79. The molecule has 2 nitrogen and oxygen atoms in total. The number of nitriles is 2. The minimum absolute atomic E-state index is 0.560. The Morgan fingerprint density at radius 3 is 1.78 bits per heavy atom. The van der Waals surface area contributed by atoms with Crippen LogP contribution in [0.25, 0.3) is 0 Å². The molecule has 0 saturated heterocycles. The van der Waals surface area contributed by atoms with Gasteiger partial charge in [-0.25, -0.2) is 0 Å². The van der Waals surface area contributed by atoms with Gasteiger partial charge in [-0.1, -0.05) is 13.2 Å². The van der Waals surface area contributed by atoms with Crippen molar-refractivity contribution in [3.63, 3.8) is 0 Å². The highest BCUT2D eigenvalue weighted by Crippen LogP contribution is 1.74. The van der Waals surface area contributed by atoms with Crippen molar-refractivity contribution in [2.75, 3.05) is 0 Å². The highest BCUT2D eigenvalue weighted by Gasteiger charge is 1.64. The van der Waals surface area contributed by atoms with Crippen LogP contribution in [0.1, 0.15) is 6.92 Å². The van der Waals surface area contributed by atoms with Crippen LogP contribution in [0.5, 0.6) is 0 Å². The molecular weight excluding hydrogens is 112 g/mol. The number of allylic oxidation sites excluding steroid dienone is 2. The third-order valence-corrected chi connectivity index (χ3v) is 0.282. The molecule has 0 aromatic carbocycles. The summed E-state index contributed by atoms with van der Waals surface area (Å²) in [7, 11) is 0. The first-order valence-corrected chi connectivity index (χ1v) is 2.25. The van der Waals surface area contributed by atoms with Crippen LogP contribution in [0.15, 0.2) is 24.8 Å². The third-order valence-electron chi connectivity index (χ3n) is 0.282. The van der Waals surface area contributed by atoms with Gasteiger partial charge < -0.3 is 0 Å². The predicted molar refractivity (Wildman–Crippen MR) is 36.2 cm³/mol. The van der Waals surface area contributed by atoms with E-state index in [1.165, 1.54) is 6.08 Å². The average molecular weight is 120 g/mol. The summed E-state index contributed by atoms with van der Waals surface area (Å²) in [5.74, 6) is 0. The van der Waals surface area contributed by atoms with E-state index >= 15 is 0 Å². The zero-order valence-electron chi connectivity index (χ0n) is 5.39. The molecule has 46 valence electrons. The second kappa shape index (κ2) is 9.68. The van der Waals surface area contributed by atoms with Crippen LogP contribution in [-0.2, 0) is 0 Å². The van der Waals surface area contributed by atoms with Crippen LogP contribution in [-0.4, -0.2) is 0 Å². The number of hydrogen-bond donors (Lipinski definition) is 0. The van der Waals surface area contributed by atoms with Gasteiger partial charge >= 0.3 is 0 Å². The van der Waals surface area contributed by atoms with Crippen molar-refractivity contribution < 1.29 is 0 Å². The van der Waals surface area contributed by atoms with Crippen LogP contribution in [0.4, 0.5) is 0 Å². The van der Waals surface area contributed by atoms with E-state index in [1.807, 2.05) is 6.07 Å². The smallest absolute Gasteiger partial charge is 0.0937 e.